The molecule has 0 spiro atoms. The second kappa shape index (κ2) is 5.44. The predicted octanol–water partition coefficient (Wildman–Crippen LogP) is 2.87. The van der Waals surface area contributed by atoms with E-state index in [4.69, 9.17) is 23.7 Å². The molecule has 0 aromatic heterocycles. The zero-order valence-electron chi connectivity index (χ0n) is 13.2. The average Bonchev–Trinajstić information content (AvgIpc) is 3.34. The Morgan fingerprint density at radius 2 is 1.48 bits per heavy atom. The number of carbonyl (C=O) groups excluding carboxylic acids is 1. The van der Waals surface area contributed by atoms with Crippen LogP contribution < -0.4 is 18.9 Å². The molecular weight excluding hydrogens is 324 g/mol. The van der Waals surface area contributed by atoms with Gasteiger partial charge in [0.05, 0.1) is 5.92 Å². The van der Waals surface area contributed by atoms with E-state index >= 15 is 0 Å². The van der Waals surface area contributed by atoms with Gasteiger partial charge in [-0.2, -0.15) is 0 Å². The second-order valence-corrected chi connectivity index (χ2v) is 5.98. The third-order valence-corrected chi connectivity index (χ3v) is 4.51. The maximum atomic E-state index is 12.2. The summed E-state index contributed by atoms with van der Waals surface area (Å²) >= 11 is 0. The van der Waals surface area contributed by atoms with Crippen molar-refractivity contribution >= 4 is 12.0 Å². The van der Waals surface area contributed by atoms with Gasteiger partial charge in [-0.1, -0.05) is 12.1 Å². The third-order valence-electron chi connectivity index (χ3n) is 4.51. The number of cyclic esters (lactones) is 1. The molecule has 3 aliphatic rings. The van der Waals surface area contributed by atoms with Gasteiger partial charge in [0.1, 0.15) is 6.61 Å². The molecule has 1 fully saturated rings. The highest BCUT2D eigenvalue weighted by molar-refractivity contribution is 5.97. The van der Waals surface area contributed by atoms with E-state index in [1.165, 1.54) is 0 Å². The van der Waals surface area contributed by atoms with Crippen molar-refractivity contribution in [1.82, 2.24) is 0 Å². The molecule has 1 saturated heterocycles. The molecule has 5 rings (SSSR count). The quantitative estimate of drug-likeness (QED) is 0.620. The highest BCUT2D eigenvalue weighted by Gasteiger charge is 2.33. The Bertz CT molecular complexity index is 901. The summed E-state index contributed by atoms with van der Waals surface area (Å²) in [5.74, 6) is 2.35. The van der Waals surface area contributed by atoms with E-state index in [9.17, 15) is 4.79 Å². The number of hydrogen-bond acceptors (Lipinski definition) is 6. The van der Waals surface area contributed by atoms with Crippen LogP contribution in [0.1, 0.15) is 17.0 Å². The number of carbonyl (C=O) groups is 1. The first-order valence-corrected chi connectivity index (χ1v) is 7.96. The summed E-state index contributed by atoms with van der Waals surface area (Å²) in [7, 11) is 0. The van der Waals surface area contributed by atoms with Gasteiger partial charge in [0.2, 0.25) is 13.6 Å². The summed E-state index contributed by atoms with van der Waals surface area (Å²) in [6.07, 6.45) is 1.84. The Morgan fingerprint density at radius 3 is 2.28 bits per heavy atom. The van der Waals surface area contributed by atoms with Crippen LogP contribution in [-0.2, 0) is 9.53 Å². The standard InChI is InChI=1S/C19H14O6/c20-19-13(5-11-1-3-15-17(6-11)24-9-22-15)14(8-21-19)12-2-4-16-18(7-12)25-10-23-16/h1-7,14H,8-10H2/t14-/m1/s1. The zero-order chi connectivity index (χ0) is 16.8. The normalized spacial score (nSPS) is 21.7. The topological polar surface area (TPSA) is 63.2 Å². The van der Waals surface area contributed by atoms with Crippen molar-refractivity contribution in [2.75, 3.05) is 20.2 Å². The van der Waals surface area contributed by atoms with Crippen molar-refractivity contribution in [2.24, 2.45) is 0 Å². The van der Waals surface area contributed by atoms with Crippen LogP contribution in [0.5, 0.6) is 23.0 Å². The van der Waals surface area contributed by atoms with E-state index in [0.29, 0.717) is 29.4 Å². The first-order chi connectivity index (χ1) is 12.3. The molecule has 25 heavy (non-hydrogen) atoms. The molecule has 3 heterocycles. The lowest BCUT2D eigenvalue weighted by Gasteiger charge is -2.10. The van der Waals surface area contributed by atoms with Gasteiger partial charge >= 0.3 is 5.97 Å². The van der Waals surface area contributed by atoms with Crippen LogP contribution >= 0.6 is 0 Å². The Hall–Kier alpha value is -3.15. The SMILES string of the molecule is O=C1OC[C@H](c2ccc3c(c2)OCO3)C1=Cc1ccc2c(c1)OCO2. The van der Waals surface area contributed by atoms with Gasteiger partial charge in [-0.25, -0.2) is 4.79 Å². The van der Waals surface area contributed by atoms with Gasteiger partial charge in [0.25, 0.3) is 0 Å². The van der Waals surface area contributed by atoms with Crippen LogP contribution in [0.25, 0.3) is 6.08 Å². The van der Waals surface area contributed by atoms with Gasteiger partial charge in [0, 0.05) is 5.57 Å². The molecule has 0 unspecified atom stereocenters. The van der Waals surface area contributed by atoms with Crippen LogP contribution in [0.15, 0.2) is 42.0 Å². The largest absolute Gasteiger partial charge is 0.461 e. The maximum absolute atomic E-state index is 12.2. The van der Waals surface area contributed by atoms with E-state index in [-0.39, 0.29) is 25.5 Å². The molecule has 0 radical (unpaired) electrons. The van der Waals surface area contributed by atoms with Crippen molar-refractivity contribution in [2.45, 2.75) is 5.92 Å². The van der Waals surface area contributed by atoms with E-state index in [1.807, 2.05) is 42.5 Å². The molecule has 0 aliphatic carbocycles. The molecule has 2 aromatic rings. The van der Waals surface area contributed by atoms with Crippen LogP contribution in [0.3, 0.4) is 0 Å². The Balaban J connectivity index is 1.51. The third kappa shape index (κ3) is 2.38. The molecule has 0 amide bonds. The highest BCUT2D eigenvalue weighted by Crippen LogP contribution is 2.40. The van der Waals surface area contributed by atoms with E-state index in [0.717, 1.165) is 16.9 Å². The van der Waals surface area contributed by atoms with Gasteiger partial charge in [0.15, 0.2) is 23.0 Å². The molecule has 2 aromatic carbocycles. The summed E-state index contributed by atoms with van der Waals surface area (Å²) in [5, 5.41) is 0. The van der Waals surface area contributed by atoms with Crippen molar-refractivity contribution in [3.63, 3.8) is 0 Å². The highest BCUT2D eigenvalue weighted by atomic mass is 16.7. The zero-order valence-corrected chi connectivity index (χ0v) is 13.2. The first kappa shape index (κ1) is 14.2. The second-order valence-electron chi connectivity index (χ2n) is 5.98. The Morgan fingerprint density at radius 1 is 0.800 bits per heavy atom. The summed E-state index contributed by atoms with van der Waals surface area (Å²) in [6, 6.07) is 11.3. The van der Waals surface area contributed by atoms with Crippen LogP contribution in [0.4, 0.5) is 0 Å². The predicted molar refractivity (Wildman–Crippen MR) is 86.8 cm³/mol. The van der Waals surface area contributed by atoms with E-state index in [2.05, 4.69) is 0 Å². The van der Waals surface area contributed by atoms with Gasteiger partial charge in [-0.15, -0.1) is 0 Å². The Kier molecular flexibility index (Phi) is 3.09. The molecule has 6 heteroatoms. The summed E-state index contributed by atoms with van der Waals surface area (Å²) in [5.41, 5.74) is 2.43. The van der Waals surface area contributed by atoms with Crippen molar-refractivity contribution in [3.8, 4) is 23.0 Å². The van der Waals surface area contributed by atoms with Gasteiger partial charge in [-0.05, 0) is 41.5 Å². The van der Waals surface area contributed by atoms with Crippen molar-refractivity contribution in [1.29, 1.82) is 0 Å². The smallest absolute Gasteiger partial charge is 0.334 e. The lowest BCUT2D eigenvalue weighted by molar-refractivity contribution is -0.135. The molecule has 6 nitrogen and oxygen atoms in total. The number of ether oxygens (including phenoxy) is 5. The minimum atomic E-state index is -0.305. The molecule has 126 valence electrons. The first-order valence-electron chi connectivity index (χ1n) is 7.96. The minimum Gasteiger partial charge on any atom is -0.461 e. The van der Waals surface area contributed by atoms with Gasteiger partial charge in [-0.3, -0.25) is 0 Å². The molecule has 3 aliphatic heterocycles. The van der Waals surface area contributed by atoms with Gasteiger partial charge < -0.3 is 23.7 Å². The molecule has 0 N–H and O–H groups in total. The van der Waals surface area contributed by atoms with Crippen molar-refractivity contribution < 1.29 is 28.5 Å². The van der Waals surface area contributed by atoms with E-state index in [1.54, 1.807) is 0 Å². The lowest BCUT2D eigenvalue weighted by Crippen LogP contribution is -2.02. The monoisotopic (exact) mass is 338 g/mol. The summed E-state index contributed by atoms with van der Waals surface area (Å²) < 4.78 is 26.8. The fourth-order valence-corrected chi connectivity index (χ4v) is 3.22. The molecule has 1 atom stereocenters. The van der Waals surface area contributed by atoms with Crippen LogP contribution in [0, 0.1) is 0 Å². The fourth-order valence-electron chi connectivity index (χ4n) is 3.22. The number of hydrogen-bond donors (Lipinski definition) is 0. The summed E-state index contributed by atoms with van der Waals surface area (Å²) in [6.45, 7) is 0.755. The number of rotatable bonds is 2. The number of benzene rings is 2. The van der Waals surface area contributed by atoms with Crippen LogP contribution in [-0.4, -0.2) is 26.2 Å². The Labute approximate surface area is 143 Å². The average molecular weight is 338 g/mol. The van der Waals surface area contributed by atoms with Crippen molar-refractivity contribution in [3.05, 3.63) is 53.1 Å². The molecule has 0 bridgehead atoms. The lowest BCUT2D eigenvalue weighted by atomic mass is 9.92. The summed E-state index contributed by atoms with van der Waals surface area (Å²) in [4.78, 5) is 12.2. The number of esters is 1. The van der Waals surface area contributed by atoms with Crippen LogP contribution in [0.2, 0.25) is 0 Å². The molecular formula is C19H14O6. The fraction of sp³-hybridized carbons (Fsp3) is 0.211. The van der Waals surface area contributed by atoms with E-state index < -0.39 is 0 Å². The maximum Gasteiger partial charge on any atom is 0.334 e. The molecule has 0 saturated carbocycles. The number of fused-ring (bicyclic) bond motifs is 2. The minimum absolute atomic E-state index is 0.146.